The third-order valence-corrected chi connectivity index (χ3v) is 2.81. The minimum Gasteiger partial charge on any atom is -0.358 e. The Labute approximate surface area is 116 Å². The van der Waals surface area contributed by atoms with Gasteiger partial charge in [-0.1, -0.05) is 11.6 Å². The average molecular weight is 281 g/mol. The molecule has 1 aromatic heterocycles. The standard InChI is InChI=1S/C12H13ClN4S/c1-17-8-9(7-15-17)6-14-12(18)16-11-4-2-10(13)3-5-11/h2-5,7-8H,6H2,1H3,(H2,14,16,18). The molecule has 2 aromatic rings. The fourth-order valence-electron chi connectivity index (χ4n) is 1.45. The number of aryl methyl sites for hydroxylation is 1. The second kappa shape index (κ2) is 5.84. The second-order valence-corrected chi connectivity index (χ2v) is 4.68. The van der Waals surface area contributed by atoms with E-state index in [0.717, 1.165) is 11.3 Å². The molecule has 0 spiro atoms. The summed E-state index contributed by atoms with van der Waals surface area (Å²) in [5.41, 5.74) is 1.99. The first-order valence-corrected chi connectivity index (χ1v) is 6.20. The van der Waals surface area contributed by atoms with E-state index >= 15 is 0 Å². The van der Waals surface area contributed by atoms with Crippen LogP contribution in [0.3, 0.4) is 0 Å². The Morgan fingerprint density at radius 3 is 2.72 bits per heavy atom. The molecule has 1 heterocycles. The molecule has 0 amide bonds. The van der Waals surface area contributed by atoms with E-state index in [0.29, 0.717) is 16.7 Å². The predicted molar refractivity (Wildman–Crippen MR) is 77.7 cm³/mol. The highest BCUT2D eigenvalue weighted by Gasteiger charge is 1.99. The number of hydrogen-bond acceptors (Lipinski definition) is 2. The van der Waals surface area contributed by atoms with E-state index in [2.05, 4.69) is 15.7 Å². The molecule has 0 bridgehead atoms. The Balaban J connectivity index is 1.83. The van der Waals surface area contributed by atoms with Crippen LogP contribution in [0.4, 0.5) is 5.69 Å². The molecule has 1 aromatic carbocycles. The smallest absolute Gasteiger partial charge is 0.171 e. The lowest BCUT2D eigenvalue weighted by atomic mass is 10.3. The molecular formula is C12H13ClN4S. The van der Waals surface area contributed by atoms with E-state index in [1.807, 2.05) is 37.5 Å². The number of nitrogens with one attached hydrogen (secondary N) is 2. The summed E-state index contributed by atoms with van der Waals surface area (Å²) in [6, 6.07) is 7.38. The minimum atomic E-state index is 0.571. The van der Waals surface area contributed by atoms with Crippen LogP contribution in [0.5, 0.6) is 0 Å². The van der Waals surface area contributed by atoms with E-state index < -0.39 is 0 Å². The van der Waals surface area contributed by atoms with Gasteiger partial charge in [-0.3, -0.25) is 4.68 Å². The molecule has 6 heteroatoms. The number of anilines is 1. The highest BCUT2D eigenvalue weighted by Crippen LogP contribution is 2.13. The van der Waals surface area contributed by atoms with Gasteiger partial charge in [0.05, 0.1) is 6.20 Å². The summed E-state index contributed by atoms with van der Waals surface area (Å²) in [5, 5.41) is 11.6. The van der Waals surface area contributed by atoms with Gasteiger partial charge in [0, 0.05) is 36.1 Å². The van der Waals surface area contributed by atoms with Crippen LogP contribution >= 0.6 is 23.8 Å². The molecule has 0 atom stereocenters. The van der Waals surface area contributed by atoms with Crippen LogP contribution < -0.4 is 10.6 Å². The van der Waals surface area contributed by atoms with E-state index in [1.54, 1.807) is 10.9 Å². The van der Waals surface area contributed by atoms with Gasteiger partial charge in [0.25, 0.3) is 0 Å². The van der Waals surface area contributed by atoms with Crippen LogP contribution in [-0.4, -0.2) is 14.9 Å². The average Bonchev–Trinajstić information content (AvgIpc) is 2.76. The molecule has 4 nitrogen and oxygen atoms in total. The highest BCUT2D eigenvalue weighted by molar-refractivity contribution is 7.80. The van der Waals surface area contributed by atoms with Crippen molar-refractivity contribution in [2.75, 3.05) is 5.32 Å². The molecule has 2 rings (SSSR count). The van der Waals surface area contributed by atoms with Crippen molar-refractivity contribution in [1.82, 2.24) is 15.1 Å². The van der Waals surface area contributed by atoms with Gasteiger partial charge < -0.3 is 10.6 Å². The highest BCUT2D eigenvalue weighted by atomic mass is 35.5. The second-order valence-electron chi connectivity index (χ2n) is 3.84. The molecule has 0 saturated carbocycles. The topological polar surface area (TPSA) is 41.9 Å². The largest absolute Gasteiger partial charge is 0.358 e. The van der Waals surface area contributed by atoms with Crippen molar-refractivity contribution in [3.8, 4) is 0 Å². The quantitative estimate of drug-likeness (QED) is 0.848. The van der Waals surface area contributed by atoms with Crippen molar-refractivity contribution >= 4 is 34.6 Å². The first kappa shape index (κ1) is 12.9. The van der Waals surface area contributed by atoms with Gasteiger partial charge in [-0.2, -0.15) is 5.10 Å². The molecule has 0 fully saturated rings. The Morgan fingerprint density at radius 1 is 1.39 bits per heavy atom. The van der Waals surface area contributed by atoms with Gasteiger partial charge in [0.1, 0.15) is 0 Å². The minimum absolute atomic E-state index is 0.571. The number of nitrogens with zero attached hydrogens (tertiary/aromatic N) is 2. The van der Waals surface area contributed by atoms with Crippen molar-refractivity contribution < 1.29 is 0 Å². The molecule has 0 aliphatic carbocycles. The number of rotatable bonds is 3. The summed E-state index contributed by atoms with van der Waals surface area (Å²) in [5.74, 6) is 0. The SMILES string of the molecule is Cn1cc(CNC(=S)Nc2ccc(Cl)cc2)cn1. The molecule has 2 N–H and O–H groups in total. The lowest BCUT2D eigenvalue weighted by Crippen LogP contribution is -2.27. The fraction of sp³-hybridized carbons (Fsp3) is 0.167. The van der Waals surface area contributed by atoms with E-state index in [-0.39, 0.29) is 0 Å². The summed E-state index contributed by atoms with van der Waals surface area (Å²) in [6.07, 6.45) is 3.75. The van der Waals surface area contributed by atoms with Gasteiger partial charge in [-0.05, 0) is 36.5 Å². The first-order valence-electron chi connectivity index (χ1n) is 5.41. The van der Waals surface area contributed by atoms with E-state index in [1.165, 1.54) is 0 Å². The van der Waals surface area contributed by atoms with Crippen molar-refractivity contribution in [2.45, 2.75) is 6.54 Å². The van der Waals surface area contributed by atoms with E-state index in [4.69, 9.17) is 23.8 Å². The van der Waals surface area contributed by atoms with Crippen LogP contribution in [0, 0.1) is 0 Å². The molecular weight excluding hydrogens is 268 g/mol. The lowest BCUT2D eigenvalue weighted by molar-refractivity contribution is 0.766. The number of benzene rings is 1. The van der Waals surface area contributed by atoms with Crippen LogP contribution in [0.25, 0.3) is 0 Å². The molecule has 0 radical (unpaired) electrons. The maximum atomic E-state index is 5.81. The normalized spacial score (nSPS) is 10.1. The maximum Gasteiger partial charge on any atom is 0.171 e. The van der Waals surface area contributed by atoms with Crippen molar-refractivity contribution in [3.05, 3.63) is 47.2 Å². The maximum absolute atomic E-state index is 5.81. The lowest BCUT2D eigenvalue weighted by Gasteiger charge is -2.09. The Kier molecular flexibility index (Phi) is 4.17. The zero-order valence-corrected chi connectivity index (χ0v) is 11.4. The van der Waals surface area contributed by atoms with Gasteiger partial charge in [0.15, 0.2) is 5.11 Å². The Bertz CT molecular complexity index is 535. The number of aromatic nitrogens is 2. The summed E-state index contributed by atoms with van der Waals surface area (Å²) in [4.78, 5) is 0. The molecule has 0 unspecified atom stereocenters. The zero-order valence-electron chi connectivity index (χ0n) is 9.85. The molecule has 0 saturated heterocycles. The van der Waals surface area contributed by atoms with Gasteiger partial charge >= 0.3 is 0 Å². The fourth-order valence-corrected chi connectivity index (χ4v) is 1.77. The monoisotopic (exact) mass is 280 g/mol. The van der Waals surface area contributed by atoms with Crippen LogP contribution in [-0.2, 0) is 13.6 Å². The van der Waals surface area contributed by atoms with Crippen molar-refractivity contribution in [2.24, 2.45) is 7.05 Å². The summed E-state index contributed by atoms with van der Waals surface area (Å²) in [6.45, 7) is 0.646. The summed E-state index contributed by atoms with van der Waals surface area (Å²) in [7, 11) is 1.88. The molecule has 0 aliphatic heterocycles. The molecule has 94 valence electrons. The number of thiocarbonyl (C=S) groups is 1. The zero-order chi connectivity index (χ0) is 13.0. The van der Waals surface area contributed by atoms with Gasteiger partial charge in [0.2, 0.25) is 0 Å². The summed E-state index contributed by atoms with van der Waals surface area (Å²) < 4.78 is 1.76. The van der Waals surface area contributed by atoms with Gasteiger partial charge in [-0.15, -0.1) is 0 Å². The van der Waals surface area contributed by atoms with Crippen molar-refractivity contribution in [3.63, 3.8) is 0 Å². The molecule has 18 heavy (non-hydrogen) atoms. The van der Waals surface area contributed by atoms with Crippen LogP contribution in [0.1, 0.15) is 5.56 Å². The summed E-state index contributed by atoms with van der Waals surface area (Å²) >= 11 is 11.0. The first-order chi connectivity index (χ1) is 8.63. The van der Waals surface area contributed by atoms with Gasteiger partial charge in [-0.25, -0.2) is 0 Å². The predicted octanol–water partition coefficient (Wildman–Crippen LogP) is 2.56. The van der Waals surface area contributed by atoms with Crippen molar-refractivity contribution in [1.29, 1.82) is 0 Å². The molecule has 0 aliphatic rings. The third kappa shape index (κ3) is 3.72. The van der Waals surface area contributed by atoms with Crippen LogP contribution in [0.2, 0.25) is 5.02 Å². The number of hydrogen-bond donors (Lipinski definition) is 2. The Morgan fingerprint density at radius 2 is 2.11 bits per heavy atom. The Hall–Kier alpha value is -1.59. The van der Waals surface area contributed by atoms with Crippen LogP contribution in [0.15, 0.2) is 36.7 Å². The third-order valence-electron chi connectivity index (χ3n) is 2.31. The van der Waals surface area contributed by atoms with E-state index in [9.17, 15) is 0 Å². The number of halogens is 1.